The fourth-order valence-corrected chi connectivity index (χ4v) is 2.84. The number of hydrogen-bond acceptors (Lipinski definition) is 2. The van der Waals surface area contributed by atoms with E-state index in [9.17, 15) is 18.0 Å². The van der Waals surface area contributed by atoms with Crippen LogP contribution in [0.4, 0.5) is 23.7 Å². The van der Waals surface area contributed by atoms with Gasteiger partial charge in [0.25, 0.3) is 0 Å². The number of nitrogens with one attached hydrogen (secondary N) is 2. The van der Waals surface area contributed by atoms with Crippen LogP contribution in [-0.4, -0.2) is 18.6 Å². The van der Waals surface area contributed by atoms with Crippen LogP contribution in [-0.2, 0) is 6.18 Å². The quantitative estimate of drug-likeness (QED) is 0.797. The molecule has 4 N–H and O–H groups in total. The van der Waals surface area contributed by atoms with Gasteiger partial charge in [0.1, 0.15) is 0 Å². The van der Waals surface area contributed by atoms with Gasteiger partial charge < -0.3 is 16.4 Å². The fraction of sp³-hybridized carbons (Fsp3) is 0.533. The maximum absolute atomic E-state index is 12.6. The van der Waals surface area contributed by atoms with Crippen molar-refractivity contribution in [1.29, 1.82) is 0 Å². The first kappa shape index (κ1) is 16.6. The predicted molar refractivity (Wildman–Crippen MR) is 78.4 cm³/mol. The van der Waals surface area contributed by atoms with Gasteiger partial charge in [-0.2, -0.15) is 13.2 Å². The number of halogens is 3. The molecule has 22 heavy (non-hydrogen) atoms. The number of carbonyl (C=O) groups excluding carboxylic acids is 1. The second-order valence-corrected chi connectivity index (χ2v) is 5.56. The van der Waals surface area contributed by atoms with Crippen molar-refractivity contribution in [3.8, 4) is 0 Å². The largest absolute Gasteiger partial charge is 0.416 e. The molecule has 4 nitrogen and oxygen atoms in total. The zero-order valence-corrected chi connectivity index (χ0v) is 12.1. The molecule has 1 unspecified atom stereocenters. The SMILES string of the molecule is NCC(NC(=O)Nc1cccc(C(F)(F)F)c1)C1CCCC1. The van der Waals surface area contributed by atoms with Gasteiger partial charge in [-0.25, -0.2) is 4.79 Å². The standard InChI is InChI=1S/C15H20F3N3O/c16-15(17,18)11-6-3-7-12(8-11)20-14(22)21-13(9-19)10-4-1-2-5-10/h3,6-8,10,13H,1-2,4-5,9,19H2,(H2,20,21,22). The van der Waals surface area contributed by atoms with E-state index in [0.29, 0.717) is 12.5 Å². The molecule has 1 aliphatic rings. The van der Waals surface area contributed by atoms with Gasteiger partial charge in [0.05, 0.1) is 5.56 Å². The second-order valence-electron chi connectivity index (χ2n) is 5.56. The topological polar surface area (TPSA) is 67.1 Å². The highest BCUT2D eigenvalue weighted by Crippen LogP contribution is 2.31. The van der Waals surface area contributed by atoms with Crippen LogP contribution in [0.1, 0.15) is 31.2 Å². The molecule has 1 aliphatic carbocycles. The van der Waals surface area contributed by atoms with E-state index in [4.69, 9.17) is 5.73 Å². The number of rotatable bonds is 4. The summed E-state index contributed by atoms with van der Waals surface area (Å²) in [6.07, 6.45) is -0.147. The van der Waals surface area contributed by atoms with Gasteiger partial charge in [-0.15, -0.1) is 0 Å². The van der Waals surface area contributed by atoms with E-state index >= 15 is 0 Å². The van der Waals surface area contributed by atoms with Crippen molar-refractivity contribution in [3.63, 3.8) is 0 Å². The smallest absolute Gasteiger partial charge is 0.334 e. The Morgan fingerprint density at radius 3 is 2.59 bits per heavy atom. The van der Waals surface area contributed by atoms with Gasteiger partial charge in [0, 0.05) is 18.3 Å². The van der Waals surface area contributed by atoms with Crippen LogP contribution < -0.4 is 16.4 Å². The molecule has 0 saturated heterocycles. The van der Waals surface area contributed by atoms with Crippen LogP contribution in [0.25, 0.3) is 0 Å². The third kappa shape index (κ3) is 4.37. The molecular formula is C15H20F3N3O. The molecule has 0 aromatic heterocycles. The van der Waals surface area contributed by atoms with E-state index in [-0.39, 0.29) is 11.7 Å². The van der Waals surface area contributed by atoms with Gasteiger partial charge in [-0.1, -0.05) is 18.9 Å². The average Bonchev–Trinajstić information content (AvgIpc) is 2.98. The van der Waals surface area contributed by atoms with Crippen LogP contribution in [0.2, 0.25) is 0 Å². The lowest BCUT2D eigenvalue weighted by molar-refractivity contribution is -0.137. The molecule has 1 atom stereocenters. The zero-order chi connectivity index (χ0) is 16.2. The van der Waals surface area contributed by atoms with Gasteiger partial charge in [0.2, 0.25) is 0 Å². The van der Waals surface area contributed by atoms with Gasteiger partial charge >= 0.3 is 12.2 Å². The van der Waals surface area contributed by atoms with Gasteiger partial charge in [-0.3, -0.25) is 0 Å². The normalized spacial score (nSPS) is 17.3. The summed E-state index contributed by atoms with van der Waals surface area (Å²) >= 11 is 0. The average molecular weight is 315 g/mol. The highest BCUT2D eigenvalue weighted by Gasteiger charge is 2.30. The Balaban J connectivity index is 1.96. The Kier molecular flexibility index (Phi) is 5.28. The molecule has 122 valence electrons. The highest BCUT2D eigenvalue weighted by atomic mass is 19.4. The van der Waals surface area contributed by atoms with Crippen molar-refractivity contribution < 1.29 is 18.0 Å². The number of anilines is 1. The molecule has 0 bridgehead atoms. The van der Waals surface area contributed by atoms with E-state index < -0.39 is 17.8 Å². The van der Waals surface area contributed by atoms with E-state index in [1.54, 1.807) is 0 Å². The molecule has 0 radical (unpaired) electrons. The molecule has 1 aromatic rings. The third-order valence-electron chi connectivity index (χ3n) is 3.99. The lowest BCUT2D eigenvalue weighted by atomic mass is 9.98. The number of urea groups is 1. The number of alkyl halides is 3. The van der Waals surface area contributed by atoms with Gasteiger partial charge in [0.15, 0.2) is 0 Å². The van der Waals surface area contributed by atoms with E-state index in [0.717, 1.165) is 37.8 Å². The number of carbonyl (C=O) groups is 1. The lowest BCUT2D eigenvalue weighted by Gasteiger charge is -2.23. The number of amides is 2. The maximum Gasteiger partial charge on any atom is 0.416 e. The summed E-state index contributed by atoms with van der Waals surface area (Å²) in [4.78, 5) is 11.9. The lowest BCUT2D eigenvalue weighted by Crippen LogP contribution is -2.46. The summed E-state index contributed by atoms with van der Waals surface area (Å²) in [6, 6.07) is 3.88. The minimum atomic E-state index is -4.43. The minimum absolute atomic E-state index is 0.106. The van der Waals surface area contributed by atoms with Crippen LogP contribution in [0.15, 0.2) is 24.3 Å². The first-order valence-corrected chi connectivity index (χ1v) is 7.35. The highest BCUT2D eigenvalue weighted by molar-refractivity contribution is 5.89. The number of nitrogens with two attached hydrogens (primary N) is 1. The van der Waals surface area contributed by atoms with E-state index in [2.05, 4.69) is 10.6 Å². The van der Waals surface area contributed by atoms with Crippen molar-refractivity contribution in [2.75, 3.05) is 11.9 Å². The van der Waals surface area contributed by atoms with Crippen LogP contribution in [0, 0.1) is 5.92 Å². The van der Waals surface area contributed by atoms with Crippen LogP contribution in [0.3, 0.4) is 0 Å². The number of benzene rings is 1. The minimum Gasteiger partial charge on any atom is -0.334 e. The summed E-state index contributed by atoms with van der Waals surface area (Å²) in [5, 5.41) is 5.20. The molecule has 7 heteroatoms. The first-order chi connectivity index (χ1) is 10.4. The Bertz CT molecular complexity index is 513. The van der Waals surface area contributed by atoms with Crippen molar-refractivity contribution in [2.45, 2.75) is 37.9 Å². The molecule has 0 aliphatic heterocycles. The molecule has 0 heterocycles. The molecule has 1 saturated carbocycles. The Morgan fingerprint density at radius 2 is 2.00 bits per heavy atom. The molecule has 1 fully saturated rings. The monoisotopic (exact) mass is 315 g/mol. The maximum atomic E-state index is 12.6. The summed E-state index contributed by atoms with van der Waals surface area (Å²) in [5.74, 6) is 0.345. The summed E-state index contributed by atoms with van der Waals surface area (Å²) in [5.41, 5.74) is 5.00. The number of hydrogen-bond donors (Lipinski definition) is 3. The van der Waals surface area contributed by atoms with Gasteiger partial charge in [-0.05, 0) is 37.0 Å². The van der Waals surface area contributed by atoms with Crippen LogP contribution >= 0.6 is 0 Å². The molecule has 2 amide bonds. The van der Waals surface area contributed by atoms with E-state index in [1.165, 1.54) is 12.1 Å². The first-order valence-electron chi connectivity index (χ1n) is 7.35. The molecule has 2 rings (SSSR count). The van der Waals surface area contributed by atoms with E-state index in [1.807, 2.05) is 0 Å². The Hall–Kier alpha value is -1.76. The van der Waals surface area contributed by atoms with Crippen LogP contribution in [0.5, 0.6) is 0 Å². The zero-order valence-electron chi connectivity index (χ0n) is 12.1. The fourth-order valence-electron chi connectivity index (χ4n) is 2.84. The third-order valence-corrected chi connectivity index (χ3v) is 3.99. The summed E-state index contributed by atoms with van der Waals surface area (Å²) in [7, 11) is 0. The Morgan fingerprint density at radius 1 is 1.32 bits per heavy atom. The molecule has 0 spiro atoms. The predicted octanol–water partition coefficient (Wildman–Crippen LogP) is 3.34. The molecular weight excluding hydrogens is 295 g/mol. The van der Waals surface area contributed by atoms with Crippen molar-refractivity contribution in [3.05, 3.63) is 29.8 Å². The summed E-state index contributed by atoms with van der Waals surface area (Å²) in [6.45, 7) is 0.320. The van der Waals surface area contributed by atoms with Crippen molar-refractivity contribution in [1.82, 2.24) is 5.32 Å². The second kappa shape index (κ2) is 7.00. The van der Waals surface area contributed by atoms with Crippen molar-refractivity contribution in [2.24, 2.45) is 11.7 Å². The summed E-state index contributed by atoms with van der Waals surface area (Å²) < 4.78 is 37.9. The Labute approximate surface area is 127 Å². The van der Waals surface area contributed by atoms with Crippen molar-refractivity contribution >= 4 is 11.7 Å². The molecule has 1 aromatic carbocycles.